The third kappa shape index (κ3) is 3.10. The number of carbonyl (C=O) groups excluding carboxylic acids is 1. The molecule has 1 aromatic carbocycles. The molecule has 0 spiro atoms. The van der Waals surface area contributed by atoms with E-state index < -0.39 is 0 Å². The Balaban J connectivity index is 1.80. The molecule has 1 amide bonds. The number of nitrogens with zero attached hydrogens (tertiary/aromatic N) is 2. The van der Waals surface area contributed by atoms with Gasteiger partial charge in [0.15, 0.2) is 0 Å². The number of benzene rings is 1. The van der Waals surface area contributed by atoms with Crippen LogP contribution in [0.5, 0.6) is 0 Å². The summed E-state index contributed by atoms with van der Waals surface area (Å²) in [6.45, 7) is 5.77. The first-order chi connectivity index (χ1) is 11.5. The molecule has 0 aliphatic carbocycles. The quantitative estimate of drug-likeness (QED) is 0.793. The molecular formula is C18H19N3O2S. The van der Waals surface area contributed by atoms with E-state index in [-0.39, 0.29) is 24.1 Å². The highest BCUT2D eigenvalue weighted by Gasteiger charge is 2.15. The Morgan fingerprint density at radius 3 is 2.71 bits per heavy atom. The lowest BCUT2D eigenvalue weighted by atomic mass is 10.1. The minimum absolute atomic E-state index is 0.0344. The third-order valence-corrected chi connectivity index (χ3v) is 5.26. The van der Waals surface area contributed by atoms with E-state index in [1.807, 2.05) is 51.1 Å². The molecule has 2 heterocycles. The largest absolute Gasteiger partial charge is 0.348 e. The second kappa shape index (κ2) is 6.57. The van der Waals surface area contributed by atoms with Crippen molar-refractivity contribution in [1.29, 1.82) is 0 Å². The number of fused-ring (bicyclic) bond motifs is 1. The van der Waals surface area contributed by atoms with Crippen LogP contribution >= 0.6 is 11.3 Å². The van der Waals surface area contributed by atoms with Crippen molar-refractivity contribution in [3.05, 3.63) is 63.0 Å². The van der Waals surface area contributed by atoms with Gasteiger partial charge in [-0.3, -0.25) is 14.2 Å². The van der Waals surface area contributed by atoms with E-state index in [0.717, 1.165) is 20.8 Å². The Bertz CT molecular complexity index is 944. The lowest BCUT2D eigenvalue weighted by Gasteiger charge is -2.14. The van der Waals surface area contributed by atoms with Gasteiger partial charge in [0, 0.05) is 4.88 Å². The van der Waals surface area contributed by atoms with E-state index in [1.54, 1.807) is 0 Å². The van der Waals surface area contributed by atoms with E-state index >= 15 is 0 Å². The maximum atomic E-state index is 12.6. The highest BCUT2D eigenvalue weighted by molar-refractivity contribution is 7.18. The first-order valence-corrected chi connectivity index (χ1v) is 8.58. The first-order valence-electron chi connectivity index (χ1n) is 7.77. The van der Waals surface area contributed by atoms with Gasteiger partial charge in [-0.1, -0.05) is 30.3 Å². The zero-order valence-electron chi connectivity index (χ0n) is 13.9. The summed E-state index contributed by atoms with van der Waals surface area (Å²) < 4.78 is 1.37. The van der Waals surface area contributed by atoms with Crippen molar-refractivity contribution in [1.82, 2.24) is 14.9 Å². The number of nitrogens with one attached hydrogen (secondary N) is 1. The molecule has 24 heavy (non-hydrogen) atoms. The number of hydrogen-bond donors (Lipinski definition) is 1. The Morgan fingerprint density at radius 1 is 1.29 bits per heavy atom. The fourth-order valence-corrected chi connectivity index (χ4v) is 3.64. The van der Waals surface area contributed by atoms with Crippen molar-refractivity contribution in [2.45, 2.75) is 33.4 Å². The van der Waals surface area contributed by atoms with Crippen LogP contribution in [-0.4, -0.2) is 15.5 Å². The highest BCUT2D eigenvalue weighted by Crippen LogP contribution is 2.25. The van der Waals surface area contributed by atoms with E-state index in [2.05, 4.69) is 10.3 Å². The molecule has 0 aliphatic heterocycles. The van der Waals surface area contributed by atoms with Crippen LogP contribution in [0, 0.1) is 13.8 Å². The predicted molar refractivity (Wildman–Crippen MR) is 96.4 cm³/mol. The maximum absolute atomic E-state index is 12.6. The summed E-state index contributed by atoms with van der Waals surface area (Å²) in [4.78, 5) is 31.0. The van der Waals surface area contributed by atoms with E-state index in [1.165, 1.54) is 22.2 Å². The summed E-state index contributed by atoms with van der Waals surface area (Å²) in [6.07, 6.45) is 1.45. The predicted octanol–water partition coefficient (Wildman–Crippen LogP) is 2.95. The van der Waals surface area contributed by atoms with Crippen molar-refractivity contribution < 1.29 is 4.79 Å². The fourth-order valence-electron chi connectivity index (χ4n) is 2.65. The van der Waals surface area contributed by atoms with Crippen molar-refractivity contribution >= 4 is 27.5 Å². The second-order valence-electron chi connectivity index (χ2n) is 5.84. The molecule has 6 heteroatoms. The molecule has 0 radical (unpaired) electrons. The SMILES string of the molecule is Cc1sc2ncn(CC(=O)N[C@H](C)c3ccccc3)c(=O)c2c1C. The van der Waals surface area contributed by atoms with Gasteiger partial charge in [0.25, 0.3) is 5.56 Å². The van der Waals surface area contributed by atoms with Gasteiger partial charge >= 0.3 is 0 Å². The van der Waals surface area contributed by atoms with Crippen LogP contribution in [0.1, 0.15) is 29.0 Å². The standard InChI is InChI=1S/C18H19N3O2S/c1-11-13(3)24-17-16(11)18(23)21(10-19-17)9-15(22)20-12(2)14-7-5-4-6-8-14/h4-8,10,12H,9H2,1-3H3,(H,20,22)/t12-/m1/s1. The maximum Gasteiger partial charge on any atom is 0.262 e. The number of carbonyl (C=O) groups is 1. The summed E-state index contributed by atoms with van der Waals surface area (Å²) in [5.74, 6) is -0.209. The van der Waals surface area contributed by atoms with E-state index in [4.69, 9.17) is 0 Å². The molecule has 0 aliphatic rings. The molecule has 1 N–H and O–H groups in total. The van der Waals surface area contributed by atoms with Crippen LogP contribution in [-0.2, 0) is 11.3 Å². The molecule has 0 unspecified atom stereocenters. The molecule has 124 valence electrons. The van der Waals surface area contributed by atoms with Gasteiger partial charge in [-0.15, -0.1) is 11.3 Å². The van der Waals surface area contributed by atoms with Crippen LogP contribution in [0.3, 0.4) is 0 Å². The average molecular weight is 341 g/mol. The van der Waals surface area contributed by atoms with Gasteiger partial charge in [-0.05, 0) is 31.9 Å². The lowest BCUT2D eigenvalue weighted by molar-refractivity contribution is -0.122. The Hall–Kier alpha value is -2.47. The van der Waals surface area contributed by atoms with Crippen molar-refractivity contribution in [2.75, 3.05) is 0 Å². The number of rotatable bonds is 4. The second-order valence-corrected chi connectivity index (χ2v) is 7.04. The number of thiophene rings is 1. The van der Waals surface area contributed by atoms with Gasteiger partial charge in [0.2, 0.25) is 5.91 Å². The Morgan fingerprint density at radius 2 is 2.00 bits per heavy atom. The van der Waals surface area contributed by atoms with Crippen LogP contribution in [0.15, 0.2) is 41.5 Å². The number of amides is 1. The minimum Gasteiger partial charge on any atom is -0.348 e. The number of aromatic nitrogens is 2. The lowest BCUT2D eigenvalue weighted by Crippen LogP contribution is -2.33. The topological polar surface area (TPSA) is 64.0 Å². The summed E-state index contributed by atoms with van der Waals surface area (Å²) in [5.41, 5.74) is 1.81. The van der Waals surface area contributed by atoms with E-state index in [9.17, 15) is 9.59 Å². The molecule has 0 bridgehead atoms. The molecule has 0 saturated carbocycles. The summed E-state index contributed by atoms with van der Waals surface area (Å²) >= 11 is 1.50. The van der Waals surface area contributed by atoms with Gasteiger partial charge < -0.3 is 5.32 Å². The summed E-state index contributed by atoms with van der Waals surface area (Å²) in [5, 5.41) is 3.53. The first kappa shape index (κ1) is 16.4. The molecule has 3 aromatic rings. The van der Waals surface area contributed by atoms with Crippen LogP contribution in [0.4, 0.5) is 0 Å². The molecule has 1 atom stereocenters. The van der Waals surface area contributed by atoms with Crippen LogP contribution < -0.4 is 10.9 Å². The summed E-state index contributed by atoms with van der Waals surface area (Å²) in [7, 11) is 0. The molecular weight excluding hydrogens is 322 g/mol. The normalized spacial score (nSPS) is 12.3. The number of aryl methyl sites for hydroxylation is 2. The molecule has 5 nitrogen and oxygen atoms in total. The smallest absolute Gasteiger partial charge is 0.262 e. The fraction of sp³-hybridized carbons (Fsp3) is 0.278. The summed E-state index contributed by atoms with van der Waals surface area (Å²) in [6, 6.07) is 9.61. The molecule has 0 saturated heterocycles. The van der Waals surface area contributed by atoms with Gasteiger partial charge in [-0.25, -0.2) is 4.98 Å². The van der Waals surface area contributed by atoms with Gasteiger partial charge in [0.1, 0.15) is 11.4 Å². The zero-order valence-corrected chi connectivity index (χ0v) is 14.7. The van der Waals surface area contributed by atoms with Crippen molar-refractivity contribution in [2.24, 2.45) is 0 Å². The Kier molecular flexibility index (Phi) is 4.49. The average Bonchev–Trinajstić information content (AvgIpc) is 2.86. The highest BCUT2D eigenvalue weighted by atomic mass is 32.1. The van der Waals surface area contributed by atoms with E-state index in [0.29, 0.717) is 5.39 Å². The third-order valence-electron chi connectivity index (χ3n) is 4.15. The molecule has 0 fully saturated rings. The minimum atomic E-state index is -0.209. The molecule has 3 rings (SSSR count). The van der Waals surface area contributed by atoms with Crippen LogP contribution in [0.2, 0.25) is 0 Å². The van der Waals surface area contributed by atoms with Crippen molar-refractivity contribution in [3.63, 3.8) is 0 Å². The zero-order chi connectivity index (χ0) is 17.3. The van der Waals surface area contributed by atoms with Crippen LogP contribution in [0.25, 0.3) is 10.2 Å². The number of hydrogen-bond acceptors (Lipinski definition) is 4. The monoisotopic (exact) mass is 341 g/mol. The van der Waals surface area contributed by atoms with Gasteiger partial charge in [0.05, 0.1) is 17.8 Å². The van der Waals surface area contributed by atoms with Crippen molar-refractivity contribution in [3.8, 4) is 0 Å². The van der Waals surface area contributed by atoms with Gasteiger partial charge in [-0.2, -0.15) is 0 Å². The molecule has 2 aromatic heterocycles. The Labute approximate surface area is 144 Å².